The van der Waals surface area contributed by atoms with Crippen molar-refractivity contribution in [2.45, 2.75) is 69.9 Å². The van der Waals surface area contributed by atoms with E-state index < -0.39 is 10.1 Å². The lowest BCUT2D eigenvalue weighted by Gasteiger charge is -2.48. The van der Waals surface area contributed by atoms with Crippen molar-refractivity contribution in [2.75, 3.05) is 19.3 Å². The van der Waals surface area contributed by atoms with Gasteiger partial charge in [0.2, 0.25) is 5.91 Å². The molecule has 1 saturated carbocycles. The first-order valence-corrected chi connectivity index (χ1v) is 15.2. The summed E-state index contributed by atoms with van der Waals surface area (Å²) in [4.78, 5) is 27.6. The molecule has 38 heavy (non-hydrogen) atoms. The summed E-state index contributed by atoms with van der Waals surface area (Å²) in [6.45, 7) is 1.87. The van der Waals surface area contributed by atoms with Gasteiger partial charge in [-0.2, -0.15) is 8.42 Å². The molecule has 208 valence electrons. The third kappa shape index (κ3) is 10.3. The van der Waals surface area contributed by atoms with Gasteiger partial charge in [0.05, 0.1) is 6.26 Å². The van der Waals surface area contributed by atoms with E-state index in [0.717, 1.165) is 32.4 Å². The van der Waals surface area contributed by atoms with Gasteiger partial charge in [-0.05, 0) is 74.4 Å². The number of nitrogens with zero attached hydrogens (tertiary/aromatic N) is 1. The van der Waals surface area contributed by atoms with Gasteiger partial charge in [0, 0.05) is 37.0 Å². The van der Waals surface area contributed by atoms with Gasteiger partial charge in [-0.25, -0.2) is 4.39 Å². The zero-order valence-corrected chi connectivity index (χ0v) is 22.8. The van der Waals surface area contributed by atoms with Crippen molar-refractivity contribution in [3.8, 4) is 0 Å². The highest BCUT2D eigenvalue weighted by atomic mass is 32.2. The quantitative estimate of drug-likeness (QED) is 0.350. The number of halogens is 1. The average Bonchev–Trinajstić information content (AvgIpc) is 2.88. The first-order valence-electron chi connectivity index (χ1n) is 13.4. The van der Waals surface area contributed by atoms with Gasteiger partial charge in [0.15, 0.2) is 5.78 Å². The maximum Gasteiger partial charge on any atom is 0.261 e. The first kappa shape index (κ1) is 29.9. The molecule has 1 unspecified atom stereocenters. The fourth-order valence-electron chi connectivity index (χ4n) is 5.61. The fourth-order valence-corrected chi connectivity index (χ4v) is 5.61. The summed E-state index contributed by atoms with van der Waals surface area (Å²) in [5.74, 6) is 0.424. The van der Waals surface area contributed by atoms with Crippen LogP contribution in [0, 0.1) is 11.7 Å². The number of amides is 1. The fraction of sp³-hybridized carbons (Fsp3) is 0.517. The Morgan fingerprint density at radius 1 is 1.00 bits per heavy atom. The zero-order chi connectivity index (χ0) is 27.5. The van der Waals surface area contributed by atoms with Crippen LogP contribution in [0.25, 0.3) is 0 Å². The summed E-state index contributed by atoms with van der Waals surface area (Å²) in [6.07, 6.45) is 9.11. The molecule has 2 fully saturated rings. The molecule has 7 nitrogen and oxygen atoms in total. The van der Waals surface area contributed by atoms with Crippen molar-refractivity contribution in [3.63, 3.8) is 0 Å². The Hall–Kier alpha value is -2.62. The van der Waals surface area contributed by atoms with Gasteiger partial charge in [0.25, 0.3) is 10.1 Å². The van der Waals surface area contributed by atoms with E-state index in [1.54, 1.807) is 12.1 Å². The molecule has 4 rings (SSSR count). The van der Waals surface area contributed by atoms with E-state index in [1.165, 1.54) is 43.4 Å². The van der Waals surface area contributed by atoms with Crippen LogP contribution < -0.4 is 5.32 Å². The molecule has 1 aliphatic carbocycles. The minimum Gasteiger partial charge on any atom is -0.353 e. The van der Waals surface area contributed by atoms with E-state index in [4.69, 9.17) is 4.55 Å². The highest BCUT2D eigenvalue weighted by Gasteiger charge is 2.39. The van der Waals surface area contributed by atoms with E-state index in [1.807, 2.05) is 18.2 Å². The molecule has 1 aliphatic heterocycles. The third-order valence-corrected chi connectivity index (χ3v) is 7.34. The molecular weight excluding hydrogens is 507 g/mol. The summed E-state index contributed by atoms with van der Waals surface area (Å²) < 4.78 is 39.0. The largest absolute Gasteiger partial charge is 0.353 e. The van der Waals surface area contributed by atoms with Gasteiger partial charge in [0.1, 0.15) is 5.82 Å². The van der Waals surface area contributed by atoms with E-state index in [-0.39, 0.29) is 23.5 Å². The van der Waals surface area contributed by atoms with Crippen LogP contribution >= 0.6 is 0 Å². The molecule has 0 spiro atoms. The van der Waals surface area contributed by atoms with Crippen LogP contribution in [0.1, 0.15) is 67.3 Å². The Balaban J connectivity index is 0.000000732. The van der Waals surface area contributed by atoms with Crippen LogP contribution in [0.4, 0.5) is 4.39 Å². The second kappa shape index (κ2) is 14.5. The molecule has 0 aromatic heterocycles. The Morgan fingerprint density at radius 3 is 2.34 bits per heavy atom. The molecule has 2 aliphatic rings. The van der Waals surface area contributed by atoms with Crippen LogP contribution in [-0.4, -0.2) is 61.0 Å². The highest BCUT2D eigenvalue weighted by Crippen LogP contribution is 2.36. The number of piperidine rings is 1. The smallest absolute Gasteiger partial charge is 0.261 e. The number of rotatable bonds is 9. The van der Waals surface area contributed by atoms with E-state index in [0.29, 0.717) is 36.6 Å². The van der Waals surface area contributed by atoms with Crippen molar-refractivity contribution >= 4 is 21.8 Å². The summed E-state index contributed by atoms with van der Waals surface area (Å²) >= 11 is 0. The second-order valence-corrected chi connectivity index (χ2v) is 11.7. The molecule has 1 heterocycles. The van der Waals surface area contributed by atoms with Gasteiger partial charge in [-0.1, -0.05) is 43.2 Å². The van der Waals surface area contributed by atoms with Crippen molar-refractivity contribution < 1.29 is 27.0 Å². The number of hydrogen-bond donors (Lipinski definition) is 2. The van der Waals surface area contributed by atoms with Crippen LogP contribution in [0.15, 0.2) is 54.6 Å². The Kier molecular flexibility index (Phi) is 11.4. The van der Waals surface area contributed by atoms with Crippen LogP contribution in [0.5, 0.6) is 0 Å². The molecule has 2 N–H and O–H groups in total. The maximum atomic E-state index is 13.1. The summed E-state index contributed by atoms with van der Waals surface area (Å²) in [5, 5.41) is 3.36. The minimum absolute atomic E-state index is 0.0794. The standard InChI is InChI=1S/C28H35FN2O2.CH4O3S/c29-23-15-13-22(14-16-23)27(32)11-6-19-31-20-18-25(24-9-4-5-10-26(24)31)30-28(33)17-12-21-7-2-1-3-8-21;1-5(2,3)4/h1-3,7-8,13-16,24-26H,4-6,9-12,17-20H2,(H,30,33);1H3,(H,2,3,4)/t24-,25-,26?;/m0./s1. The predicted octanol–water partition coefficient (Wildman–Crippen LogP) is 4.67. The summed E-state index contributed by atoms with van der Waals surface area (Å²) in [7, 11) is -3.67. The molecular formula is C29H39FN2O5S. The van der Waals surface area contributed by atoms with E-state index >= 15 is 0 Å². The van der Waals surface area contributed by atoms with Crippen LogP contribution in [0.3, 0.4) is 0 Å². The highest BCUT2D eigenvalue weighted by molar-refractivity contribution is 7.85. The molecule has 1 saturated heterocycles. The lowest BCUT2D eigenvalue weighted by Crippen LogP contribution is -2.57. The normalized spacial score (nSPS) is 21.5. The molecule has 1 amide bonds. The molecule has 0 bridgehead atoms. The number of hydrogen-bond acceptors (Lipinski definition) is 5. The second-order valence-electron chi connectivity index (χ2n) is 10.3. The van der Waals surface area contributed by atoms with Gasteiger partial charge >= 0.3 is 0 Å². The lowest BCUT2D eigenvalue weighted by atomic mass is 9.75. The molecule has 2 aromatic carbocycles. The van der Waals surface area contributed by atoms with Crippen molar-refractivity contribution in [1.29, 1.82) is 0 Å². The molecule has 2 aromatic rings. The summed E-state index contributed by atoms with van der Waals surface area (Å²) in [6, 6.07) is 16.8. The van der Waals surface area contributed by atoms with Crippen LogP contribution in [-0.2, 0) is 21.3 Å². The van der Waals surface area contributed by atoms with Crippen molar-refractivity contribution in [2.24, 2.45) is 5.92 Å². The molecule has 0 radical (unpaired) electrons. The zero-order valence-electron chi connectivity index (χ0n) is 22.0. The number of benzene rings is 2. The number of Topliss-reactive ketones (excluding diaryl/α,β-unsaturated/α-hetero) is 1. The molecule has 3 atom stereocenters. The Labute approximate surface area is 225 Å². The topological polar surface area (TPSA) is 104 Å². The summed E-state index contributed by atoms with van der Waals surface area (Å²) in [5.41, 5.74) is 1.79. The number of carbonyl (C=O) groups is 2. The predicted molar refractivity (Wildman–Crippen MR) is 146 cm³/mol. The molecule has 9 heteroatoms. The number of carbonyl (C=O) groups excluding carboxylic acids is 2. The van der Waals surface area contributed by atoms with Gasteiger partial charge in [-0.15, -0.1) is 0 Å². The first-order chi connectivity index (χ1) is 18.1. The minimum atomic E-state index is -3.67. The number of likely N-dealkylation sites (tertiary alicyclic amines) is 1. The maximum absolute atomic E-state index is 13.1. The number of ketones is 1. The SMILES string of the molecule is CS(=O)(=O)O.O=C(CCc1ccccc1)N[C@H]1CCN(CCCC(=O)c2ccc(F)cc2)C2CCCC[C@H]21. The van der Waals surface area contributed by atoms with Gasteiger partial charge in [-0.3, -0.25) is 19.0 Å². The average molecular weight is 547 g/mol. The monoisotopic (exact) mass is 546 g/mol. The van der Waals surface area contributed by atoms with Crippen molar-refractivity contribution in [3.05, 3.63) is 71.5 Å². The van der Waals surface area contributed by atoms with Gasteiger partial charge < -0.3 is 5.32 Å². The Bertz CT molecular complexity index is 1130. The lowest BCUT2D eigenvalue weighted by molar-refractivity contribution is -0.123. The van der Waals surface area contributed by atoms with Crippen LogP contribution in [0.2, 0.25) is 0 Å². The number of fused-ring (bicyclic) bond motifs is 1. The van der Waals surface area contributed by atoms with E-state index in [2.05, 4.69) is 22.3 Å². The third-order valence-electron chi connectivity index (χ3n) is 7.34. The Morgan fingerprint density at radius 2 is 1.66 bits per heavy atom. The number of nitrogens with one attached hydrogen (secondary N) is 1. The van der Waals surface area contributed by atoms with Crippen molar-refractivity contribution in [1.82, 2.24) is 10.2 Å². The van der Waals surface area contributed by atoms with E-state index in [9.17, 15) is 22.4 Å². The number of aryl methyl sites for hydroxylation is 1.